The van der Waals surface area contributed by atoms with Crippen molar-refractivity contribution in [2.45, 2.75) is 20.3 Å². The Labute approximate surface area is 153 Å². The second-order valence-electron chi connectivity index (χ2n) is 6.26. The van der Waals surface area contributed by atoms with Crippen molar-refractivity contribution in [2.75, 3.05) is 6.61 Å². The molecule has 0 spiro atoms. The van der Waals surface area contributed by atoms with Gasteiger partial charge in [0, 0.05) is 11.4 Å². The molecule has 0 amide bonds. The Morgan fingerprint density at radius 2 is 1.71 bits per heavy atom. The van der Waals surface area contributed by atoms with Crippen molar-refractivity contribution < 1.29 is 24.2 Å². The van der Waals surface area contributed by atoms with Crippen molar-refractivity contribution in [3.05, 3.63) is 32.8 Å². The molecular weight excluding hydrogens is 379 g/mol. The average Bonchev–Trinajstić information content (AvgIpc) is 2.98. The fraction of sp³-hybridized carbons (Fsp3) is 0.438. The van der Waals surface area contributed by atoms with E-state index in [2.05, 4.69) is 0 Å². The number of halogens is 3. The lowest BCUT2D eigenvalue weighted by molar-refractivity contribution is -0.140. The van der Waals surface area contributed by atoms with Gasteiger partial charge in [-0.25, -0.2) is 4.79 Å². The highest BCUT2D eigenvalue weighted by Crippen LogP contribution is 2.60. The summed E-state index contributed by atoms with van der Waals surface area (Å²) < 4.78 is 4.88. The first kappa shape index (κ1) is 19.2. The largest absolute Gasteiger partial charge is 0.389 e. The number of rotatable bonds is 5. The van der Waals surface area contributed by atoms with Crippen LogP contribution in [0.15, 0.2) is 12.1 Å². The number of hydrogen-bond donors (Lipinski definition) is 1. The SMILES string of the molecule is CC1(C)[C@H](CC(=O)CO)[C@@H]1C(=O)OC(=O)c1c(Cl)cc(Cl)cc1Cl. The first-order valence-corrected chi connectivity index (χ1v) is 8.26. The number of hydrogen-bond acceptors (Lipinski definition) is 5. The van der Waals surface area contributed by atoms with E-state index in [1.54, 1.807) is 13.8 Å². The second-order valence-corrected chi connectivity index (χ2v) is 7.51. The number of carbonyl (C=O) groups excluding carboxylic acids is 3. The molecule has 1 fully saturated rings. The molecular formula is C16H15Cl3O5. The van der Waals surface area contributed by atoms with Crippen LogP contribution < -0.4 is 0 Å². The van der Waals surface area contributed by atoms with E-state index in [0.29, 0.717) is 0 Å². The van der Waals surface area contributed by atoms with Gasteiger partial charge in [0.2, 0.25) is 0 Å². The van der Waals surface area contributed by atoms with Crippen LogP contribution in [0.3, 0.4) is 0 Å². The zero-order valence-electron chi connectivity index (χ0n) is 12.9. The van der Waals surface area contributed by atoms with E-state index in [9.17, 15) is 14.4 Å². The van der Waals surface area contributed by atoms with E-state index in [4.69, 9.17) is 44.6 Å². The first-order valence-electron chi connectivity index (χ1n) is 7.12. The van der Waals surface area contributed by atoms with Crippen molar-refractivity contribution in [2.24, 2.45) is 17.3 Å². The molecule has 1 saturated carbocycles. The van der Waals surface area contributed by atoms with Gasteiger partial charge in [-0.15, -0.1) is 0 Å². The normalized spacial score (nSPS) is 21.2. The van der Waals surface area contributed by atoms with Gasteiger partial charge in [-0.3, -0.25) is 9.59 Å². The van der Waals surface area contributed by atoms with E-state index in [1.165, 1.54) is 12.1 Å². The molecule has 1 N–H and O–H groups in total. The van der Waals surface area contributed by atoms with Crippen molar-refractivity contribution >= 4 is 52.5 Å². The van der Waals surface area contributed by atoms with Gasteiger partial charge < -0.3 is 9.84 Å². The summed E-state index contributed by atoms with van der Waals surface area (Å²) in [5.74, 6) is -2.97. The fourth-order valence-electron chi connectivity index (χ4n) is 2.85. The van der Waals surface area contributed by atoms with Gasteiger partial charge in [0.05, 0.1) is 21.5 Å². The molecule has 5 nitrogen and oxygen atoms in total. The van der Waals surface area contributed by atoms with E-state index in [-0.39, 0.29) is 38.8 Å². The second kappa shape index (κ2) is 7.00. The lowest BCUT2D eigenvalue weighted by atomic mass is 10.1. The van der Waals surface area contributed by atoms with Gasteiger partial charge >= 0.3 is 11.9 Å². The molecule has 2 atom stereocenters. The molecule has 24 heavy (non-hydrogen) atoms. The van der Waals surface area contributed by atoms with Gasteiger partial charge in [-0.2, -0.15) is 0 Å². The van der Waals surface area contributed by atoms with Crippen LogP contribution in [0.2, 0.25) is 15.1 Å². The molecule has 1 aromatic rings. The molecule has 1 aliphatic carbocycles. The molecule has 0 aromatic heterocycles. The van der Waals surface area contributed by atoms with Crippen LogP contribution in [0.4, 0.5) is 0 Å². The quantitative estimate of drug-likeness (QED) is 0.611. The van der Waals surface area contributed by atoms with E-state index in [1.807, 2.05) is 0 Å². The zero-order chi connectivity index (χ0) is 18.2. The highest BCUT2D eigenvalue weighted by atomic mass is 35.5. The summed E-state index contributed by atoms with van der Waals surface area (Å²) in [6, 6.07) is 2.64. The summed E-state index contributed by atoms with van der Waals surface area (Å²) in [6.45, 7) is 3.01. The Kier molecular flexibility index (Phi) is 5.60. The minimum atomic E-state index is -0.971. The van der Waals surface area contributed by atoms with Crippen LogP contribution in [-0.2, 0) is 14.3 Å². The lowest BCUT2D eigenvalue weighted by Crippen LogP contribution is -2.17. The summed E-state index contributed by atoms with van der Waals surface area (Å²) >= 11 is 17.6. The minimum absolute atomic E-state index is 0.0210. The van der Waals surface area contributed by atoms with Crippen LogP contribution in [0.1, 0.15) is 30.6 Å². The molecule has 1 aliphatic rings. The number of aliphatic hydroxyl groups is 1. The first-order chi connectivity index (χ1) is 11.1. The van der Waals surface area contributed by atoms with Crippen LogP contribution >= 0.6 is 34.8 Å². The van der Waals surface area contributed by atoms with Crippen LogP contribution in [0.5, 0.6) is 0 Å². The average molecular weight is 394 g/mol. The van der Waals surface area contributed by atoms with Gasteiger partial charge in [-0.1, -0.05) is 48.7 Å². The molecule has 0 aliphatic heterocycles. The molecule has 0 heterocycles. The fourth-order valence-corrected chi connectivity index (χ4v) is 3.82. The third kappa shape index (κ3) is 3.75. The Balaban J connectivity index is 2.11. The summed E-state index contributed by atoms with van der Waals surface area (Å²) in [7, 11) is 0. The topological polar surface area (TPSA) is 80.7 Å². The molecule has 0 radical (unpaired) electrons. The van der Waals surface area contributed by atoms with Crippen molar-refractivity contribution in [3.8, 4) is 0 Å². The predicted molar refractivity (Wildman–Crippen MR) is 89.4 cm³/mol. The summed E-state index contributed by atoms with van der Waals surface area (Å²) in [6.07, 6.45) is 0.0555. The maximum Gasteiger partial charge on any atom is 0.348 e. The Morgan fingerprint density at radius 3 is 2.21 bits per heavy atom. The molecule has 0 bridgehead atoms. The lowest BCUT2D eigenvalue weighted by Gasteiger charge is -2.07. The number of ketones is 1. The van der Waals surface area contributed by atoms with E-state index >= 15 is 0 Å². The van der Waals surface area contributed by atoms with Crippen molar-refractivity contribution in [1.29, 1.82) is 0 Å². The minimum Gasteiger partial charge on any atom is -0.389 e. The summed E-state index contributed by atoms with van der Waals surface area (Å²) in [5, 5.41) is 9.03. The number of benzene rings is 1. The third-order valence-corrected chi connectivity index (χ3v) is 5.15. The van der Waals surface area contributed by atoms with Crippen LogP contribution in [0.25, 0.3) is 0 Å². The maximum atomic E-state index is 12.2. The van der Waals surface area contributed by atoms with Crippen LogP contribution in [-0.4, -0.2) is 29.4 Å². The molecule has 0 unspecified atom stereocenters. The Hall–Kier alpha value is -1.14. The number of esters is 2. The number of carbonyl (C=O) groups is 3. The maximum absolute atomic E-state index is 12.2. The number of Topliss-reactive ketones (excluding diaryl/α,β-unsaturated/α-hetero) is 1. The highest BCUT2D eigenvalue weighted by Gasteiger charge is 2.63. The summed E-state index contributed by atoms with van der Waals surface area (Å²) in [5.41, 5.74) is -0.631. The van der Waals surface area contributed by atoms with Gasteiger partial charge in [0.15, 0.2) is 5.78 Å². The Bertz CT molecular complexity index is 691. The molecule has 130 valence electrons. The predicted octanol–water partition coefficient (Wildman–Crippen LogP) is 3.55. The number of aliphatic hydroxyl groups excluding tert-OH is 1. The third-order valence-electron chi connectivity index (χ3n) is 4.33. The highest BCUT2D eigenvalue weighted by molar-refractivity contribution is 6.42. The molecule has 8 heteroatoms. The van der Waals surface area contributed by atoms with Gasteiger partial charge in [0.1, 0.15) is 6.61 Å². The number of ether oxygens (including phenoxy) is 1. The molecule has 2 rings (SSSR count). The zero-order valence-corrected chi connectivity index (χ0v) is 15.2. The monoisotopic (exact) mass is 392 g/mol. The smallest absolute Gasteiger partial charge is 0.348 e. The molecule has 0 saturated heterocycles. The van der Waals surface area contributed by atoms with E-state index < -0.39 is 29.9 Å². The van der Waals surface area contributed by atoms with E-state index in [0.717, 1.165) is 0 Å². The van der Waals surface area contributed by atoms with Crippen molar-refractivity contribution in [1.82, 2.24) is 0 Å². The van der Waals surface area contributed by atoms with Crippen molar-refractivity contribution in [3.63, 3.8) is 0 Å². The Morgan fingerprint density at radius 1 is 1.17 bits per heavy atom. The molecule has 1 aromatic carbocycles. The van der Waals surface area contributed by atoms with Gasteiger partial charge in [-0.05, 0) is 23.5 Å². The van der Waals surface area contributed by atoms with Crippen LogP contribution in [0, 0.1) is 17.3 Å². The summed E-state index contributed by atoms with van der Waals surface area (Å²) in [4.78, 5) is 35.8. The standard InChI is InChI=1S/C16H15Cl3O5/c1-16(2)9(5-8(21)6-20)13(16)15(23)24-14(22)12-10(18)3-7(17)4-11(12)19/h3-4,9,13,20H,5-6H2,1-2H3/t9-,13-/m1/s1. The van der Waals surface area contributed by atoms with Gasteiger partial charge in [0.25, 0.3) is 0 Å².